The molecule has 0 atom stereocenters. The number of rotatable bonds is 7. The minimum absolute atomic E-state index is 0.172. The predicted molar refractivity (Wildman–Crippen MR) is 94.7 cm³/mol. The van der Waals surface area contributed by atoms with Crippen LogP contribution in [-0.4, -0.2) is 24.3 Å². The second-order valence-electron chi connectivity index (χ2n) is 5.73. The van der Waals surface area contributed by atoms with E-state index in [1.807, 2.05) is 32.9 Å². The Balaban J connectivity index is 1.86. The van der Waals surface area contributed by atoms with Gasteiger partial charge in [-0.25, -0.2) is 4.79 Å². The Bertz CT molecular complexity index is 717. The van der Waals surface area contributed by atoms with Gasteiger partial charge >= 0.3 is 5.97 Å². The average Bonchev–Trinajstić information content (AvgIpc) is 2.52. The average molecular weight is 349 g/mol. The van der Waals surface area contributed by atoms with E-state index in [1.54, 1.807) is 18.2 Å². The summed E-state index contributed by atoms with van der Waals surface area (Å²) in [6.07, 6.45) is 0.647. The molecular formula is C19H21ClO4. The molecule has 0 saturated carbocycles. The van der Waals surface area contributed by atoms with Gasteiger partial charge in [0.2, 0.25) is 0 Å². The zero-order chi connectivity index (χ0) is 17.7. The van der Waals surface area contributed by atoms with Crippen molar-refractivity contribution in [2.75, 3.05) is 13.2 Å². The lowest BCUT2D eigenvalue weighted by molar-refractivity contribution is 0.0692. The van der Waals surface area contributed by atoms with E-state index in [2.05, 4.69) is 0 Å². The second kappa shape index (κ2) is 8.06. The molecule has 4 nitrogen and oxygen atoms in total. The minimum Gasteiger partial charge on any atom is -0.493 e. The zero-order valence-corrected chi connectivity index (χ0v) is 14.8. The molecule has 0 unspecified atom stereocenters. The van der Waals surface area contributed by atoms with E-state index in [9.17, 15) is 4.79 Å². The third-order valence-electron chi connectivity index (χ3n) is 3.59. The van der Waals surface area contributed by atoms with Crippen LogP contribution in [0.4, 0.5) is 0 Å². The molecule has 2 aromatic carbocycles. The predicted octanol–water partition coefficient (Wildman–Crippen LogP) is 4.81. The molecule has 128 valence electrons. The van der Waals surface area contributed by atoms with Crippen LogP contribution < -0.4 is 9.47 Å². The topological polar surface area (TPSA) is 55.8 Å². The third-order valence-corrected chi connectivity index (χ3v) is 4.19. The SMILES string of the molecule is Cc1ccc(C(=O)O)c(OCCCOc2cc(C)c(Cl)c(C)c2)c1. The molecule has 0 aliphatic carbocycles. The number of carbonyl (C=O) groups is 1. The molecule has 0 heterocycles. The molecule has 1 N–H and O–H groups in total. The van der Waals surface area contributed by atoms with Gasteiger partial charge in [0.05, 0.1) is 13.2 Å². The normalized spacial score (nSPS) is 10.5. The Morgan fingerprint density at radius 1 is 1.04 bits per heavy atom. The first kappa shape index (κ1) is 18.1. The zero-order valence-electron chi connectivity index (χ0n) is 14.1. The van der Waals surface area contributed by atoms with Crippen molar-refractivity contribution in [2.24, 2.45) is 0 Å². The van der Waals surface area contributed by atoms with E-state index in [0.717, 1.165) is 27.5 Å². The number of aryl methyl sites for hydroxylation is 3. The molecule has 0 aliphatic heterocycles. The van der Waals surface area contributed by atoms with Gasteiger partial charge in [0.25, 0.3) is 0 Å². The lowest BCUT2D eigenvalue weighted by Gasteiger charge is -2.12. The Labute approximate surface area is 147 Å². The van der Waals surface area contributed by atoms with Crippen LogP contribution >= 0.6 is 11.6 Å². The van der Waals surface area contributed by atoms with Gasteiger partial charge in [-0.1, -0.05) is 17.7 Å². The highest BCUT2D eigenvalue weighted by Crippen LogP contribution is 2.26. The largest absolute Gasteiger partial charge is 0.493 e. The fourth-order valence-electron chi connectivity index (χ4n) is 2.35. The molecule has 0 aliphatic rings. The van der Waals surface area contributed by atoms with Gasteiger partial charge in [0.15, 0.2) is 0 Å². The highest BCUT2D eigenvalue weighted by molar-refractivity contribution is 6.32. The molecule has 2 aromatic rings. The number of hydrogen-bond acceptors (Lipinski definition) is 3. The van der Waals surface area contributed by atoms with Crippen molar-refractivity contribution in [1.82, 2.24) is 0 Å². The van der Waals surface area contributed by atoms with E-state index in [-0.39, 0.29) is 5.56 Å². The summed E-state index contributed by atoms with van der Waals surface area (Å²) in [4.78, 5) is 11.2. The summed E-state index contributed by atoms with van der Waals surface area (Å²) in [5, 5.41) is 9.92. The van der Waals surface area contributed by atoms with Crippen molar-refractivity contribution >= 4 is 17.6 Å². The van der Waals surface area contributed by atoms with E-state index in [0.29, 0.717) is 25.4 Å². The molecule has 0 radical (unpaired) electrons. The first-order valence-corrected chi connectivity index (χ1v) is 8.12. The first-order valence-electron chi connectivity index (χ1n) is 7.75. The highest BCUT2D eigenvalue weighted by Gasteiger charge is 2.11. The molecule has 2 rings (SSSR count). The van der Waals surface area contributed by atoms with E-state index >= 15 is 0 Å². The van der Waals surface area contributed by atoms with Crippen molar-refractivity contribution in [3.05, 3.63) is 57.6 Å². The fourth-order valence-corrected chi connectivity index (χ4v) is 2.46. The molecular weight excluding hydrogens is 328 g/mol. The van der Waals surface area contributed by atoms with Gasteiger partial charge in [-0.05, 0) is 61.7 Å². The number of carboxylic acid groups (broad SMARTS) is 1. The summed E-state index contributed by atoms with van der Waals surface area (Å²) in [5.74, 6) is 0.172. The summed E-state index contributed by atoms with van der Waals surface area (Å²) in [5.41, 5.74) is 3.09. The smallest absolute Gasteiger partial charge is 0.339 e. The van der Waals surface area contributed by atoms with Crippen molar-refractivity contribution in [2.45, 2.75) is 27.2 Å². The maximum absolute atomic E-state index is 11.2. The van der Waals surface area contributed by atoms with Crippen LogP contribution in [0.15, 0.2) is 30.3 Å². The van der Waals surface area contributed by atoms with Crippen molar-refractivity contribution < 1.29 is 19.4 Å². The standard InChI is InChI=1S/C19H21ClO4/c1-12-5-6-16(19(21)22)17(9-12)24-8-4-7-23-15-10-13(2)18(20)14(3)11-15/h5-6,9-11H,4,7-8H2,1-3H3,(H,21,22). The Morgan fingerprint density at radius 3 is 2.29 bits per heavy atom. The van der Waals surface area contributed by atoms with Gasteiger partial charge in [-0.15, -0.1) is 0 Å². The quantitative estimate of drug-likeness (QED) is 0.729. The maximum Gasteiger partial charge on any atom is 0.339 e. The molecule has 0 aromatic heterocycles. The van der Waals surface area contributed by atoms with Crippen LogP contribution in [0.3, 0.4) is 0 Å². The van der Waals surface area contributed by atoms with Crippen molar-refractivity contribution in [1.29, 1.82) is 0 Å². The number of carboxylic acids is 1. The van der Waals surface area contributed by atoms with E-state index in [4.69, 9.17) is 26.2 Å². The van der Waals surface area contributed by atoms with Crippen LogP contribution in [0.2, 0.25) is 5.02 Å². The molecule has 0 fully saturated rings. The van der Waals surface area contributed by atoms with Gasteiger partial charge in [-0.3, -0.25) is 0 Å². The summed E-state index contributed by atoms with van der Waals surface area (Å²) in [6, 6.07) is 8.85. The summed E-state index contributed by atoms with van der Waals surface area (Å²) in [6.45, 7) is 6.64. The van der Waals surface area contributed by atoms with Crippen LogP contribution in [0.1, 0.15) is 33.5 Å². The van der Waals surface area contributed by atoms with Gasteiger partial charge in [-0.2, -0.15) is 0 Å². The van der Waals surface area contributed by atoms with Gasteiger partial charge < -0.3 is 14.6 Å². The fraction of sp³-hybridized carbons (Fsp3) is 0.316. The Morgan fingerprint density at radius 2 is 1.67 bits per heavy atom. The molecule has 0 saturated heterocycles. The number of ether oxygens (including phenoxy) is 2. The van der Waals surface area contributed by atoms with Crippen LogP contribution in [0.25, 0.3) is 0 Å². The molecule has 0 bridgehead atoms. The van der Waals surface area contributed by atoms with Crippen LogP contribution in [0, 0.1) is 20.8 Å². The summed E-state index contributed by atoms with van der Waals surface area (Å²) >= 11 is 6.13. The number of aromatic carboxylic acids is 1. The summed E-state index contributed by atoms with van der Waals surface area (Å²) in [7, 11) is 0. The molecule has 24 heavy (non-hydrogen) atoms. The monoisotopic (exact) mass is 348 g/mol. The van der Waals surface area contributed by atoms with E-state index in [1.165, 1.54) is 0 Å². The van der Waals surface area contributed by atoms with E-state index < -0.39 is 5.97 Å². The van der Waals surface area contributed by atoms with Gasteiger partial charge in [0.1, 0.15) is 17.1 Å². The summed E-state index contributed by atoms with van der Waals surface area (Å²) < 4.78 is 11.3. The minimum atomic E-state index is -0.992. The number of halogens is 1. The maximum atomic E-state index is 11.2. The lowest BCUT2D eigenvalue weighted by atomic mass is 10.1. The third kappa shape index (κ3) is 4.65. The van der Waals surface area contributed by atoms with Crippen molar-refractivity contribution in [3.8, 4) is 11.5 Å². The second-order valence-corrected chi connectivity index (χ2v) is 6.10. The van der Waals surface area contributed by atoms with Gasteiger partial charge in [0, 0.05) is 11.4 Å². The number of benzene rings is 2. The van der Waals surface area contributed by atoms with Crippen LogP contribution in [0.5, 0.6) is 11.5 Å². The molecule has 0 amide bonds. The number of hydrogen-bond donors (Lipinski definition) is 1. The first-order chi connectivity index (χ1) is 11.4. The Hall–Kier alpha value is -2.20. The molecule has 5 heteroatoms. The van der Waals surface area contributed by atoms with Crippen LogP contribution in [-0.2, 0) is 0 Å². The lowest BCUT2D eigenvalue weighted by Crippen LogP contribution is -2.08. The molecule has 0 spiro atoms. The highest BCUT2D eigenvalue weighted by atomic mass is 35.5. The Kier molecular flexibility index (Phi) is 6.10. The van der Waals surface area contributed by atoms with Crippen molar-refractivity contribution in [3.63, 3.8) is 0 Å².